The quantitative estimate of drug-likeness (QED) is 0.550. The van der Waals surface area contributed by atoms with Gasteiger partial charge >= 0.3 is 0 Å². The molecule has 0 radical (unpaired) electrons. The van der Waals surface area contributed by atoms with Crippen molar-refractivity contribution >= 4 is 27.8 Å². The molecule has 0 saturated carbocycles. The molecular formula is C23H25BrN6O2. The first-order chi connectivity index (χ1) is 15.1. The number of ether oxygens (including phenoxy) is 1. The normalized spacial score (nSPS) is 15.8. The summed E-state index contributed by atoms with van der Waals surface area (Å²) in [5, 5.41) is 14.9. The van der Waals surface area contributed by atoms with Crippen LogP contribution in [0, 0.1) is 0 Å². The summed E-state index contributed by atoms with van der Waals surface area (Å²) >= 11 is 3.52. The second-order valence-corrected chi connectivity index (χ2v) is 9.71. The number of aromatic nitrogens is 4. The van der Waals surface area contributed by atoms with Crippen molar-refractivity contribution in [2.24, 2.45) is 5.73 Å². The highest BCUT2D eigenvalue weighted by Gasteiger charge is 2.35. The first-order valence-corrected chi connectivity index (χ1v) is 11.0. The van der Waals surface area contributed by atoms with E-state index in [1.807, 2.05) is 18.2 Å². The van der Waals surface area contributed by atoms with E-state index in [1.165, 1.54) is 5.56 Å². The lowest BCUT2D eigenvalue weighted by Crippen LogP contribution is -2.32. The fourth-order valence-corrected chi connectivity index (χ4v) is 4.12. The third-order valence-corrected chi connectivity index (χ3v) is 5.95. The van der Waals surface area contributed by atoms with Gasteiger partial charge in [-0.3, -0.25) is 4.79 Å². The van der Waals surface area contributed by atoms with Gasteiger partial charge in [-0.1, -0.05) is 66.1 Å². The predicted octanol–water partition coefficient (Wildman–Crippen LogP) is 4.09. The first kappa shape index (κ1) is 22.0. The minimum absolute atomic E-state index is 0.0895. The van der Waals surface area contributed by atoms with Crippen molar-refractivity contribution in [3.05, 3.63) is 74.9 Å². The molecule has 32 heavy (non-hydrogen) atoms. The molecule has 2 aromatic carbocycles. The first-order valence-electron chi connectivity index (χ1n) is 10.2. The Balaban J connectivity index is 1.69. The van der Waals surface area contributed by atoms with Crippen LogP contribution in [0.2, 0.25) is 0 Å². The average molecular weight is 497 g/mol. The highest BCUT2D eigenvalue weighted by Crippen LogP contribution is 2.39. The van der Waals surface area contributed by atoms with E-state index in [9.17, 15) is 4.79 Å². The van der Waals surface area contributed by atoms with Crippen molar-refractivity contribution < 1.29 is 9.53 Å². The van der Waals surface area contributed by atoms with E-state index in [1.54, 1.807) is 11.6 Å². The van der Waals surface area contributed by atoms with Crippen molar-refractivity contribution in [1.82, 2.24) is 20.2 Å². The third kappa shape index (κ3) is 4.25. The summed E-state index contributed by atoms with van der Waals surface area (Å²) in [4.78, 5) is 12.4. The van der Waals surface area contributed by atoms with Crippen molar-refractivity contribution in [2.45, 2.75) is 45.8 Å². The molecule has 0 bridgehead atoms. The van der Waals surface area contributed by atoms with E-state index in [4.69, 9.17) is 10.5 Å². The van der Waals surface area contributed by atoms with Gasteiger partial charge in [-0.05, 0) is 52.1 Å². The van der Waals surface area contributed by atoms with Gasteiger partial charge < -0.3 is 15.8 Å². The largest absolute Gasteiger partial charge is 0.489 e. The Morgan fingerprint density at radius 3 is 2.59 bits per heavy atom. The molecule has 1 aliphatic rings. The highest BCUT2D eigenvalue weighted by molar-refractivity contribution is 9.10. The van der Waals surface area contributed by atoms with Crippen LogP contribution in [0.5, 0.6) is 5.75 Å². The van der Waals surface area contributed by atoms with Gasteiger partial charge in [0.05, 0.1) is 5.57 Å². The van der Waals surface area contributed by atoms with E-state index in [0.717, 1.165) is 15.6 Å². The molecule has 0 aliphatic carbocycles. The number of primary amides is 1. The second-order valence-electron chi connectivity index (χ2n) is 8.80. The van der Waals surface area contributed by atoms with Crippen LogP contribution in [-0.4, -0.2) is 26.1 Å². The number of halogens is 1. The van der Waals surface area contributed by atoms with Gasteiger partial charge in [-0.2, -0.15) is 4.68 Å². The number of nitrogens with one attached hydrogen (secondary N) is 1. The maximum Gasteiger partial charge on any atom is 0.248 e. The third-order valence-electron chi connectivity index (χ3n) is 5.46. The van der Waals surface area contributed by atoms with Crippen LogP contribution in [0.25, 0.3) is 0 Å². The molecule has 0 saturated heterocycles. The van der Waals surface area contributed by atoms with E-state index < -0.39 is 11.9 Å². The molecular weight excluding hydrogens is 472 g/mol. The molecule has 0 fully saturated rings. The number of carbonyl (C=O) groups is 1. The van der Waals surface area contributed by atoms with Crippen LogP contribution in [0.15, 0.2) is 58.2 Å². The van der Waals surface area contributed by atoms with Gasteiger partial charge in [0.2, 0.25) is 11.9 Å². The van der Waals surface area contributed by atoms with E-state index in [0.29, 0.717) is 29.6 Å². The molecule has 2 heterocycles. The SMILES string of the molecule is CC1=C(C(N)=O)[C@H](c2cc(Br)ccc2OCc2ccc(C(C)(C)C)cc2)n2nnnc2N1. The fourth-order valence-electron chi connectivity index (χ4n) is 3.75. The average Bonchev–Trinajstić information content (AvgIpc) is 3.19. The summed E-state index contributed by atoms with van der Waals surface area (Å²) in [5.41, 5.74) is 9.85. The Bertz CT molecular complexity index is 1190. The molecule has 3 N–H and O–H groups in total. The molecule has 1 aromatic heterocycles. The minimum atomic E-state index is -0.616. The molecule has 4 rings (SSSR count). The summed E-state index contributed by atoms with van der Waals surface area (Å²) in [6.07, 6.45) is 0. The number of rotatable bonds is 5. The lowest BCUT2D eigenvalue weighted by atomic mass is 9.87. The van der Waals surface area contributed by atoms with Crippen LogP contribution in [0.1, 0.15) is 50.4 Å². The zero-order chi connectivity index (χ0) is 23.0. The maximum absolute atomic E-state index is 12.4. The van der Waals surface area contributed by atoms with Gasteiger partial charge in [0.15, 0.2) is 0 Å². The molecule has 0 unspecified atom stereocenters. The number of amides is 1. The van der Waals surface area contributed by atoms with Crippen LogP contribution in [-0.2, 0) is 16.8 Å². The summed E-state index contributed by atoms with van der Waals surface area (Å²) < 4.78 is 8.59. The van der Waals surface area contributed by atoms with Crippen LogP contribution in [0.3, 0.4) is 0 Å². The number of benzene rings is 2. The molecule has 1 aliphatic heterocycles. The number of hydrogen-bond donors (Lipinski definition) is 2. The van der Waals surface area contributed by atoms with Gasteiger partial charge in [0, 0.05) is 15.7 Å². The Labute approximate surface area is 195 Å². The number of nitrogens with zero attached hydrogens (tertiary/aromatic N) is 4. The van der Waals surface area contributed by atoms with Gasteiger partial charge in [-0.25, -0.2) is 0 Å². The predicted molar refractivity (Wildman–Crippen MR) is 125 cm³/mol. The lowest BCUT2D eigenvalue weighted by Gasteiger charge is -2.28. The molecule has 9 heteroatoms. The maximum atomic E-state index is 12.4. The van der Waals surface area contributed by atoms with E-state index in [-0.39, 0.29) is 5.41 Å². The fraction of sp³-hybridized carbons (Fsp3) is 0.304. The summed E-state index contributed by atoms with van der Waals surface area (Å²) in [7, 11) is 0. The number of anilines is 1. The Morgan fingerprint density at radius 1 is 1.22 bits per heavy atom. The zero-order valence-corrected chi connectivity index (χ0v) is 20.0. The molecule has 0 spiro atoms. The van der Waals surface area contributed by atoms with Crippen molar-refractivity contribution in [3.8, 4) is 5.75 Å². The van der Waals surface area contributed by atoms with E-state index in [2.05, 4.69) is 81.8 Å². The molecule has 1 atom stereocenters. The number of nitrogens with two attached hydrogens (primary N) is 1. The van der Waals surface area contributed by atoms with Crippen molar-refractivity contribution in [2.75, 3.05) is 5.32 Å². The Morgan fingerprint density at radius 2 is 1.94 bits per heavy atom. The summed E-state index contributed by atoms with van der Waals surface area (Å²) in [6, 6.07) is 13.4. The minimum Gasteiger partial charge on any atom is -0.489 e. The van der Waals surface area contributed by atoms with E-state index >= 15 is 0 Å². The van der Waals surface area contributed by atoms with Crippen LogP contribution in [0.4, 0.5) is 5.95 Å². The number of allylic oxidation sites excluding steroid dienone is 1. The van der Waals surface area contributed by atoms with Crippen LogP contribution < -0.4 is 15.8 Å². The summed E-state index contributed by atoms with van der Waals surface area (Å²) in [5.74, 6) is 0.499. The summed E-state index contributed by atoms with van der Waals surface area (Å²) in [6.45, 7) is 8.71. The highest BCUT2D eigenvalue weighted by atomic mass is 79.9. The van der Waals surface area contributed by atoms with Gasteiger partial charge in [0.1, 0.15) is 18.4 Å². The molecule has 1 amide bonds. The van der Waals surface area contributed by atoms with Crippen molar-refractivity contribution in [3.63, 3.8) is 0 Å². The Hall–Kier alpha value is -3.20. The number of fused-ring (bicyclic) bond motifs is 1. The van der Waals surface area contributed by atoms with Gasteiger partial charge in [0.25, 0.3) is 0 Å². The zero-order valence-electron chi connectivity index (χ0n) is 18.4. The number of hydrogen-bond acceptors (Lipinski definition) is 6. The molecule has 8 nitrogen and oxygen atoms in total. The molecule has 166 valence electrons. The smallest absolute Gasteiger partial charge is 0.248 e. The monoisotopic (exact) mass is 496 g/mol. The standard InChI is InChI=1S/C23H25BrN6O2/c1-13-19(21(25)31)20(30-22(26-13)27-28-29-30)17-11-16(24)9-10-18(17)32-12-14-5-7-15(8-6-14)23(2,3)4/h5-11,20H,12H2,1-4H3,(H2,25,31)(H,26,27,29)/t20-/m0/s1. The lowest BCUT2D eigenvalue weighted by molar-refractivity contribution is -0.115. The van der Waals surface area contributed by atoms with Crippen LogP contribution >= 0.6 is 15.9 Å². The molecule has 3 aromatic rings. The van der Waals surface area contributed by atoms with Gasteiger partial charge in [-0.15, -0.1) is 0 Å². The van der Waals surface area contributed by atoms with Crippen molar-refractivity contribution in [1.29, 1.82) is 0 Å². The number of tetrazole rings is 1. The Kier molecular flexibility index (Phi) is 5.77. The topological polar surface area (TPSA) is 108 Å². The second kappa shape index (κ2) is 8.38. The number of carbonyl (C=O) groups excluding carboxylic acids is 1.